The molecule has 0 aromatic rings. The second kappa shape index (κ2) is 2.76. The molecule has 0 N–H and O–H groups in total. The quantitative estimate of drug-likeness (QED) is 0.625. The van der Waals surface area contributed by atoms with Crippen molar-refractivity contribution < 1.29 is 9.47 Å². The van der Waals surface area contributed by atoms with Crippen LogP contribution in [0.4, 0.5) is 0 Å². The molecule has 0 heterocycles. The lowest BCUT2D eigenvalue weighted by atomic mass is 10.2. The summed E-state index contributed by atoms with van der Waals surface area (Å²) in [6, 6.07) is 0. The van der Waals surface area contributed by atoms with Crippen LogP contribution in [0.25, 0.3) is 0 Å². The minimum atomic E-state index is -0.0336. The Morgan fingerprint density at radius 2 is 1.82 bits per heavy atom. The van der Waals surface area contributed by atoms with Gasteiger partial charge in [-0.1, -0.05) is 0 Å². The van der Waals surface area contributed by atoms with E-state index in [1.165, 1.54) is 0 Å². The SMILES string of the molecule is COC1(COC(C)(C)C)CC1. The molecule has 1 aliphatic carbocycles. The summed E-state index contributed by atoms with van der Waals surface area (Å²) in [7, 11) is 1.76. The summed E-state index contributed by atoms with van der Waals surface area (Å²) in [5.41, 5.74) is 0.0431. The van der Waals surface area contributed by atoms with Gasteiger partial charge in [-0.15, -0.1) is 0 Å². The van der Waals surface area contributed by atoms with Crippen LogP contribution in [0, 0.1) is 0 Å². The molecule has 0 bridgehead atoms. The molecule has 0 spiro atoms. The third kappa shape index (κ3) is 2.80. The fourth-order valence-corrected chi connectivity index (χ4v) is 0.895. The number of methoxy groups -OCH3 is 1. The molecular formula is C9H18O2. The maximum Gasteiger partial charge on any atom is 0.0913 e. The van der Waals surface area contributed by atoms with Crippen LogP contribution in [0.15, 0.2) is 0 Å². The van der Waals surface area contributed by atoms with Crippen LogP contribution in [0.1, 0.15) is 33.6 Å². The van der Waals surface area contributed by atoms with E-state index in [1.54, 1.807) is 7.11 Å². The number of rotatable bonds is 3. The maximum atomic E-state index is 5.62. The van der Waals surface area contributed by atoms with Gasteiger partial charge < -0.3 is 9.47 Å². The van der Waals surface area contributed by atoms with E-state index in [-0.39, 0.29) is 11.2 Å². The molecule has 2 heteroatoms. The van der Waals surface area contributed by atoms with E-state index in [2.05, 4.69) is 20.8 Å². The van der Waals surface area contributed by atoms with Gasteiger partial charge in [0.2, 0.25) is 0 Å². The van der Waals surface area contributed by atoms with Gasteiger partial charge in [0.25, 0.3) is 0 Å². The van der Waals surface area contributed by atoms with Crippen molar-refractivity contribution in [2.45, 2.75) is 44.8 Å². The van der Waals surface area contributed by atoms with E-state index in [1.807, 2.05) is 0 Å². The highest BCUT2D eigenvalue weighted by Crippen LogP contribution is 2.39. The van der Waals surface area contributed by atoms with E-state index in [0.717, 1.165) is 19.4 Å². The Bertz CT molecular complexity index is 131. The zero-order valence-corrected chi connectivity index (χ0v) is 7.94. The zero-order valence-electron chi connectivity index (χ0n) is 7.94. The van der Waals surface area contributed by atoms with Gasteiger partial charge in [0.05, 0.1) is 17.8 Å². The fourth-order valence-electron chi connectivity index (χ4n) is 0.895. The maximum absolute atomic E-state index is 5.62. The first kappa shape index (κ1) is 9.01. The third-order valence-corrected chi connectivity index (χ3v) is 2.01. The molecule has 0 radical (unpaired) electrons. The van der Waals surface area contributed by atoms with Crippen molar-refractivity contribution >= 4 is 0 Å². The van der Waals surface area contributed by atoms with Crippen LogP contribution in [0.3, 0.4) is 0 Å². The average molecular weight is 158 g/mol. The van der Waals surface area contributed by atoms with Crippen molar-refractivity contribution in [1.29, 1.82) is 0 Å². The summed E-state index contributed by atoms with van der Waals surface area (Å²) in [6.45, 7) is 6.95. The van der Waals surface area contributed by atoms with Gasteiger partial charge in [-0.25, -0.2) is 0 Å². The van der Waals surface area contributed by atoms with Crippen molar-refractivity contribution in [3.05, 3.63) is 0 Å². The highest BCUT2D eigenvalue weighted by molar-refractivity contribution is 4.95. The minimum Gasteiger partial charge on any atom is -0.376 e. The van der Waals surface area contributed by atoms with E-state index in [9.17, 15) is 0 Å². The van der Waals surface area contributed by atoms with E-state index >= 15 is 0 Å². The van der Waals surface area contributed by atoms with Gasteiger partial charge in [-0.3, -0.25) is 0 Å². The normalized spacial score (nSPS) is 21.8. The Kier molecular flexibility index (Phi) is 2.26. The van der Waals surface area contributed by atoms with Crippen molar-refractivity contribution in [2.75, 3.05) is 13.7 Å². The molecule has 0 aromatic heterocycles. The van der Waals surface area contributed by atoms with Gasteiger partial charge in [0.15, 0.2) is 0 Å². The summed E-state index contributed by atoms with van der Waals surface area (Å²) in [5.74, 6) is 0. The fraction of sp³-hybridized carbons (Fsp3) is 1.00. The summed E-state index contributed by atoms with van der Waals surface area (Å²) in [6.07, 6.45) is 2.30. The molecule has 0 saturated heterocycles. The monoisotopic (exact) mass is 158 g/mol. The van der Waals surface area contributed by atoms with Crippen molar-refractivity contribution in [3.63, 3.8) is 0 Å². The smallest absolute Gasteiger partial charge is 0.0913 e. The van der Waals surface area contributed by atoms with Crippen LogP contribution in [-0.2, 0) is 9.47 Å². The zero-order chi connectivity index (χ0) is 8.54. The second-order valence-corrected chi connectivity index (χ2v) is 4.29. The van der Waals surface area contributed by atoms with Crippen LogP contribution in [-0.4, -0.2) is 24.9 Å². The summed E-state index contributed by atoms with van der Waals surface area (Å²) in [4.78, 5) is 0. The first-order valence-electron chi connectivity index (χ1n) is 4.17. The Balaban J connectivity index is 2.22. The van der Waals surface area contributed by atoms with E-state index in [4.69, 9.17) is 9.47 Å². The van der Waals surface area contributed by atoms with Crippen molar-refractivity contribution in [3.8, 4) is 0 Å². The van der Waals surface area contributed by atoms with Gasteiger partial charge in [0.1, 0.15) is 0 Å². The highest BCUT2D eigenvalue weighted by Gasteiger charge is 2.44. The van der Waals surface area contributed by atoms with Gasteiger partial charge >= 0.3 is 0 Å². The van der Waals surface area contributed by atoms with Gasteiger partial charge in [-0.2, -0.15) is 0 Å². The van der Waals surface area contributed by atoms with Crippen LogP contribution < -0.4 is 0 Å². The summed E-state index contributed by atoms with van der Waals surface area (Å²) in [5, 5.41) is 0. The lowest BCUT2D eigenvalue weighted by molar-refractivity contribution is -0.0718. The first-order chi connectivity index (χ1) is 4.97. The largest absolute Gasteiger partial charge is 0.376 e. The van der Waals surface area contributed by atoms with E-state index in [0.29, 0.717) is 0 Å². The molecule has 1 rings (SSSR count). The van der Waals surface area contributed by atoms with Crippen molar-refractivity contribution in [1.82, 2.24) is 0 Å². The molecule has 0 atom stereocenters. The Labute approximate surface area is 68.9 Å². The molecule has 2 nitrogen and oxygen atoms in total. The average Bonchev–Trinajstić information content (AvgIpc) is 2.63. The van der Waals surface area contributed by atoms with Crippen LogP contribution in [0.2, 0.25) is 0 Å². The standard InChI is InChI=1S/C9H18O2/c1-8(2,3)11-7-9(10-4)5-6-9/h5-7H2,1-4H3. The summed E-state index contributed by atoms with van der Waals surface area (Å²) < 4.78 is 10.9. The second-order valence-electron chi connectivity index (χ2n) is 4.29. The molecule has 0 unspecified atom stereocenters. The molecule has 0 amide bonds. The topological polar surface area (TPSA) is 18.5 Å². The molecule has 66 valence electrons. The Hall–Kier alpha value is -0.0800. The number of hydrogen-bond donors (Lipinski definition) is 0. The Morgan fingerprint density at radius 1 is 1.27 bits per heavy atom. The van der Waals surface area contributed by atoms with E-state index < -0.39 is 0 Å². The Morgan fingerprint density at radius 3 is 2.09 bits per heavy atom. The lowest BCUT2D eigenvalue weighted by Crippen LogP contribution is -2.28. The molecule has 0 aromatic carbocycles. The van der Waals surface area contributed by atoms with Crippen molar-refractivity contribution in [2.24, 2.45) is 0 Å². The van der Waals surface area contributed by atoms with Crippen LogP contribution in [0.5, 0.6) is 0 Å². The van der Waals surface area contributed by atoms with Gasteiger partial charge in [-0.05, 0) is 33.6 Å². The molecule has 0 aliphatic heterocycles. The molecule has 1 fully saturated rings. The first-order valence-corrected chi connectivity index (χ1v) is 4.17. The predicted molar refractivity (Wildman–Crippen MR) is 44.7 cm³/mol. The summed E-state index contributed by atoms with van der Waals surface area (Å²) >= 11 is 0. The molecular weight excluding hydrogens is 140 g/mol. The van der Waals surface area contributed by atoms with Crippen LogP contribution >= 0.6 is 0 Å². The highest BCUT2D eigenvalue weighted by atomic mass is 16.6. The number of hydrogen-bond acceptors (Lipinski definition) is 2. The predicted octanol–water partition coefficient (Wildman–Crippen LogP) is 1.98. The molecule has 1 aliphatic rings. The molecule has 11 heavy (non-hydrogen) atoms. The number of ether oxygens (including phenoxy) is 2. The third-order valence-electron chi connectivity index (χ3n) is 2.01. The lowest BCUT2D eigenvalue weighted by Gasteiger charge is -2.23. The van der Waals surface area contributed by atoms with Gasteiger partial charge in [0, 0.05) is 7.11 Å². The minimum absolute atomic E-state index is 0.0336. The molecule has 1 saturated carbocycles.